The van der Waals surface area contributed by atoms with Gasteiger partial charge in [-0.3, -0.25) is 4.57 Å². The Bertz CT molecular complexity index is 713. The zero-order valence-electron chi connectivity index (χ0n) is 10.1. The quantitative estimate of drug-likeness (QED) is 0.790. The van der Waals surface area contributed by atoms with E-state index in [1.807, 2.05) is 12.1 Å². The van der Waals surface area contributed by atoms with Crippen molar-refractivity contribution < 1.29 is 4.74 Å². The molecule has 0 saturated carbocycles. The lowest BCUT2D eigenvalue weighted by molar-refractivity contribution is 0.439. The third-order valence-corrected chi connectivity index (χ3v) is 2.91. The van der Waals surface area contributed by atoms with E-state index < -0.39 is 0 Å². The molecule has 8 heteroatoms. The summed E-state index contributed by atoms with van der Waals surface area (Å²) in [5, 5.41) is 0. The summed E-state index contributed by atoms with van der Waals surface area (Å²) in [6.07, 6.45) is 4.89. The fourth-order valence-corrected chi connectivity index (χ4v) is 1.77. The van der Waals surface area contributed by atoms with Crippen molar-refractivity contribution in [3.05, 3.63) is 47.5 Å². The molecule has 0 saturated heterocycles. The molecule has 0 bridgehead atoms. The van der Waals surface area contributed by atoms with E-state index in [9.17, 15) is 0 Å². The highest BCUT2D eigenvalue weighted by atomic mass is 79.9. The van der Waals surface area contributed by atoms with Crippen molar-refractivity contribution in [1.82, 2.24) is 24.5 Å². The van der Waals surface area contributed by atoms with Crippen molar-refractivity contribution in [2.24, 2.45) is 0 Å². The molecule has 2 N–H and O–H groups in total. The van der Waals surface area contributed by atoms with E-state index in [4.69, 9.17) is 10.5 Å². The van der Waals surface area contributed by atoms with E-state index in [1.165, 1.54) is 0 Å². The zero-order chi connectivity index (χ0) is 13.9. The Morgan fingerprint density at radius 3 is 2.60 bits per heavy atom. The standard InChI is InChI=1S/C12H9BrN6O/c13-8-1-3-9(4-2-8)20-12-17-10(14)16-11(18-12)19-6-5-15-7-19/h1-7H,(H2,14,16,17,18). The van der Waals surface area contributed by atoms with Gasteiger partial charge in [-0.15, -0.1) is 0 Å². The summed E-state index contributed by atoms with van der Waals surface area (Å²) in [6, 6.07) is 7.43. The lowest BCUT2D eigenvalue weighted by Crippen LogP contribution is -2.06. The van der Waals surface area contributed by atoms with Gasteiger partial charge in [-0.05, 0) is 24.3 Å². The zero-order valence-corrected chi connectivity index (χ0v) is 11.7. The van der Waals surface area contributed by atoms with Gasteiger partial charge in [0.15, 0.2) is 0 Å². The molecule has 0 aliphatic rings. The second kappa shape index (κ2) is 5.25. The van der Waals surface area contributed by atoms with E-state index in [-0.39, 0.29) is 12.0 Å². The van der Waals surface area contributed by atoms with Crippen LogP contribution in [0.3, 0.4) is 0 Å². The van der Waals surface area contributed by atoms with Crippen LogP contribution in [-0.4, -0.2) is 24.5 Å². The molecule has 2 aromatic heterocycles. The SMILES string of the molecule is Nc1nc(Oc2ccc(Br)cc2)nc(-n2ccnc2)n1. The predicted octanol–water partition coefficient (Wildman–Crippen LogP) is 2.19. The van der Waals surface area contributed by atoms with E-state index >= 15 is 0 Å². The lowest BCUT2D eigenvalue weighted by atomic mass is 10.3. The first-order valence-electron chi connectivity index (χ1n) is 5.64. The van der Waals surface area contributed by atoms with E-state index in [2.05, 4.69) is 35.9 Å². The Labute approximate surface area is 122 Å². The molecule has 1 aromatic carbocycles. The molecule has 2 heterocycles. The summed E-state index contributed by atoms with van der Waals surface area (Å²) in [4.78, 5) is 16.1. The first-order valence-corrected chi connectivity index (χ1v) is 6.43. The lowest BCUT2D eigenvalue weighted by Gasteiger charge is -2.06. The molecule has 100 valence electrons. The highest BCUT2D eigenvalue weighted by Gasteiger charge is 2.08. The third-order valence-electron chi connectivity index (χ3n) is 2.38. The maximum absolute atomic E-state index is 5.66. The molecule has 3 rings (SSSR count). The van der Waals surface area contributed by atoms with Gasteiger partial charge >= 0.3 is 6.01 Å². The fraction of sp³-hybridized carbons (Fsp3) is 0. The fourth-order valence-electron chi connectivity index (χ4n) is 1.51. The Hall–Kier alpha value is -2.48. The van der Waals surface area contributed by atoms with Gasteiger partial charge in [-0.25, -0.2) is 4.98 Å². The van der Waals surface area contributed by atoms with Gasteiger partial charge in [0.05, 0.1) is 0 Å². The number of hydrogen-bond donors (Lipinski definition) is 1. The molecule has 0 amide bonds. The number of imidazole rings is 1. The molecule has 0 aliphatic heterocycles. The van der Waals surface area contributed by atoms with Crippen LogP contribution in [0.15, 0.2) is 47.5 Å². The van der Waals surface area contributed by atoms with Crippen molar-refractivity contribution in [2.75, 3.05) is 5.73 Å². The predicted molar refractivity (Wildman–Crippen MR) is 75.6 cm³/mol. The van der Waals surface area contributed by atoms with Gasteiger partial charge in [0.1, 0.15) is 12.1 Å². The Morgan fingerprint density at radius 2 is 1.90 bits per heavy atom. The molecule has 0 fully saturated rings. The number of nitrogens with two attached hydrogens (primary N) is 1. The molecule has 3 aromatic rings. The van der Waals surface area contributed by atoms with E-state index in [1.54, 1.807) is 35.4 Å². The topological polar surface area (TPSA) is 91.7 Å². The van der Waals surface area contributed by atoms with Crippen LogP contribution < -0.4 is 10.5 Å². The van der Waals surface area contributed by atoms with Crippen LogP contribution >= 0.6 is 15.9 Å². The highest BCUT2D eigenvalue weighted by Crippen LogP contribution is 2.21. The molecule has 0 unspecified atom stereocenters. The maximum Gasteiger partial charge on any atom is 0.328 e. The van der Waals surface area contributed by atoms with Gasteiger partial charge in [-0.2, -0.15) is 15.0 Å². The molecule has 20 heavy (non-hydrogen) atoms. The Kier molecular flexibility index (Phi) is 3.30. The van der Waals surface area contributed by atoms with Crippen molar-refractivity contribution in [1.29, 1.82) is 0 Å². The van der Waals surface area contributed by atoms with Crippen molar-refractivity contribution in [3.8, 4) is 17.7 Å². The first-order chi connectivity index (χ1) is 9.70. The van der Waals surface area contributed by atoms with Crippen LogP contribution in [-0.2, 0) is 0 Å². The van der Waals surface area contributed by atoms with E-state index in [0.29, 0.717) is 11.7 Å². The molecule has 0 atom stereocenters. The summed E-state index contributed by atoms with van der Waals surface area (Å²) >= 11 is 3.35. The normalized spacial score (nSPS) is 10.4. The average Bonchev–Trinajstić information content (AvgIpc) is 2.95. The van der Waals surface area contributed by atoms with Gasteiger partial charge in [-0.1, -0.05) is 15.9 Å². The Balaban J connectivity index is 1.92. The number of rotatable bonds is 3. The monoisotopic (exact) mass is 332 g/mol. The van der Waals surface area contributed by atoms with Crippen LogP contribution in [0.5, 0.6) is 11.8 Å². The van der Waals surface area contributed by atoms with Crippen LogP contribution in [0.25, 0.3) is 5.95 Å². The van der Waals surface area contributed by atoms with Crippen molar-refractivity contribution in [2.45, 2.75) is 0 Å². The molecular weight excluding hydrogens is 324 g/mol. The summed E-state index contributed by atoms with van der Waals surface area (Å²) < 4.78 is 8.13. The number of benzene rings is 1. The largest absolute Gasteiger partial charge is 0.424 e. The summed E-state index contributed by atoms with van der Waals surface area (Å²) in [6.45, 7) is 0. The highest BCUT2D eigenvalue weighted by molar-refractivity contribution is 9.10. The number of hydrogen-bond acceptors (Lipinski definition) is 6. The second-order valence-electron chi connectivity index (χ2n) is 3.80. The summed E-state index contributed by atoms with van der Waals surface area (Å²) in [5.74, 6) is 1.04. The second-order valence-corrected chi connectivity index (χ2v) is 4.72. The number of nitrogens with zero attached hydrogens (tertiary/aromatic N) is 5. The molecule has 7 nitrogen and oxygen atoms in total. The molecule has 0 aliphatic carbocycles. The number of halogens is 1. The number of aromatic nitrogens is 5. The number of nitrogen functional groups attached to an aromatic ring is 1. The van der Waals surface area contributed by atoms with Gasteiger partial charge in [0.25, 0.3) is 0 Å². The molecular formula is C12H9BrN6O. The van der Waals surface area contributed by atoms with Gasteiger partial charge in [0, 0.05) is 16.9 Å². The van der Waals surface area contributed by atoms with Crippen LogP contribution in [0.2, 0.25) is 0 Å². The number of ether oxygens (including phenoxy) is 1. The van der Waals surface area contributed by atoms with Crippen LogP contribution in [0.4, 0.5) is 5.95 Å². The van der Waals surface area contributed by atoms with Crippen molar-refractivity contribution in [3.63, 3.8) is 0 Å². The summed E-state index contributed by atoms with van der Waals surface area (Å²) in [5.41, 5.74) is 5.66. The van der Waals surface area contributed by atoms with Gasteiger partial charge in [0.2, 0.25) is 11.9 Å². The minimum absolute atomic E-state index is 0.0795. The number of anilines is 1. The first kappa shape index (κ1) is 12.5. The Morgan fingerprint density at radius 1 is 1.10 bits per heavy atom. The molecule has 0 spiro atoms. The maximum atomic E-state index is 5.66. The minimum atomic E-state index is 0.0795. The van der Waals surface area contributed by atoms with E-state index in [0.717, 1.165) is 4.47 Å². The molecule has 0 radical (unpaired) electrons. The van der Waals surface area contributed by atoms with Gasteiger partial charge < -0.3 is 10.5 Å². The third kappa shape index (κ3) is 2.75. The van der Waals surface area contributed by atoms with Crippen LogP contribution in [0.1, 0.15) is 0 Å². The summed E-state index contributed by atoms with van der Waals surface area (Å²) in [7, 11) is 0. The average molecular weight is 333 g/mol. The van der Waals surface area contributed by atoms with Crippen LogP contribution in [0, 0.1) is 0 Å². The smallest absolute Gasteiger partial charge is 0.328 e. The minimum Gasteiger partial charge on any atom is -0.424 e. The van der Waals surface area contributed by atoms with Crippen molar-refractivity contribution >= 4 is 21.9 Å².